The van der Waals surface area contributed by atoms with Crippen molar-refractivity contribution in [2.45, 2.75) is 12.8 Å². The third-order valence-corrected chi connectivity index (χ3v) is 4.08. The number of hydrogen-bond acceptors (Lipinski definition) is 6. The molecule has 6 nitrogen and oxygen atoms in total. The highest BCUT2D eigenvalue weighted by Gasteiger charge is 2.24. The number of methoxy groups -OCH3 is 1. The quantitative estimate of drug-likeness (QED) is 0.643. The topological polar surface area (TPSA) is 74.5 Å². The summed E-state index contributed by atoms with van der Waals surface area (Å²) in [5.41, 5.74) is 1.45. The molecule has 1 fully saturated rings. The van der Waals surface area contributed by atoms with Crippen molar-refractivity contribution in [2.24, 2.45) is 15.9 Å². The average Bonchev–Trinajstić information content (AvgIpc) is 2.58. The summed E-state index contributed by atoms with van der Waals surface area (Å²) in [7, 11) is 1.44. The number of rotatable bonds is 6. The lowest BCUT2D eigenvalue weighted by atomic mass is 9.97. The number of ether oxygens (including phenoxy) is 1. The van der Waals surface area contributed by atoms with Crippen LogP contribution >= 0.6 is 0 Å². The first-order valence-electron chi connectivity index (χ1n) is 7.73. The molecule has 0 aliphatic carbocycles. The maximum atomic E-state index is 11.5. The summed E-state index contributed by atoms with van der Waals surface area (Å²) in [6, 6.07) is 4.91. The van der Waals surface area contributed by atoms with Crippen LogP contribution in [0.15, 0.2) is 28.2 Å². The van der Waals surface area contributed by atoms with Crippen LogP contribution in [0.3, 0.4) is 0 Å². The summed E-state index contributed by atoms with van der Waals surface area (Å²) in [4.78, 5) is 22.1. The van der Waals surface area contributed by atoms with Gasteiger partial charge in [0.05, 0.1) is 25.3 Å². The highest BCUT2D eigenvalue weighted by Crippen LogP contribution is 2.22. The average molecular weight is 317 g/mol. The zero-order valence-electron chi connectivity index (χ0n) is 13.4. The SMILES string of the molecule is C=Nc1ccc(O)cc1C=NCCN1CCC(C(=O)OC)CC1. The van der Waals surface area contributed by atoms with Crippen molar-refractivity contribution >= 4 is 24.6 Å². The highest BCUT2D eigenvalue weighted by atomic mass is 16.5. The molecule has 1 aliphatic heterocycles. The minimum atomic E-state index is -0.101. The van der Waals surface area contributed by atoms with Crippen LogP contribution in [0.5, 0.6) is 5.75 Å². The third kappa shape index (κ3) is 4.89. The molecule has 1 aliphatic rings. The number of phenolic OH excluding ortho intramolecular Hbond substituents is 1. The first-order valence-corrected chi connectivity index (χ1v) is 7.73. The van der Waals surface area contributed by atoms with Crippen LogP contribution in [0.4, 0.5) is 5.69 Å². The highest BCUT2D eigenvalue weighted by molar-refractivity contribution is 5.87. The Morgan fingerprint density at radius 2 is 2.22 bits per heavy atom. The van der Waals surface area contributed by atoms with E-state index in [2.05, 4.69) is 21.6 Å². The van der Waals surface area contributed by atoms with Crippen LogP contribution in [-0.4, -0.2) is 62.2 Å². The van der Waals surface area contributed by atoms with E-state index in [0.717, 1.165) is 38.0 Å². The number of phenols is 1. The Bertz CT molecular complexity index is 578. The normalized spacial score (nSPS) is 16.6. The minimum absolute atomic E-state index is 0.0354. The number of carbonyl (C=O) groups excluding carboxylic acids is 1. The Labute approximate surface area is 136 Å². The standard InChI is InChI=1S/C17H23N3O3/c1-18-16-4-3-15(21)11-14(16)12-19-7-10-20-8-5-13(6-9-20)17(22)23-2/h3-4,11-13,21H,1,5-10H2,2H3. The van der Waals surface area contributed by atoms with Gasteiger partial charge in [0.1, 0.15) is 5.75 Å². The lowest BCUT2D eigenvalue weighted by molar-refractivity contribution is -0.147. The van der Waals surface area contributed by atoms with E-state index in [9.17, 15) is 9.90 Å². The largest absolute Gasteiger partial charge is 0.508 e. The number of esters is 1. The van der Waals surface area contributed by atoms with Gasteiger partial charge in [-0.15, -0.1) is 0 Å². The lowest BCUT2D eigenvalue weighted by Gasteiger charge is -2.29. The van der Waals surface area contributed by atoms with Crippen molar-refractivity contribution in [1.82, 2.24) is 4.90 Å². The van der Waals surface area contributed by atoms with Gasteiger partial charge in [-0.25, -0.2) is 0 Å². The maximum absolute atomic E-state index is 11.5. The van der Waals surface area contributed by atoms with Gasteiger partial charge in [0, 0.05) is 18.3 Å². The van der Waals surface area contributed by atoms with Gasteiger partial charge in [-0.05, 0) is 50.8 Å². The minimum Gasteiger partial charge on any atom is -0.508 e. The fourth-order valence-electron chi connectivity index (χ4n) is 2.71. The third-order valence-electron chi connectivity index (χ3n) is 4.08. The lowest BCUT2D eigenvalue weighted by Crippen LogP contribution is -2.38. The van der Waals surface area contributed by atoms with E-state index in [1.165, 1.54) is 7.11 Å². The molecule has 1 N–H and O–H groups in total. The maximum Gasteiger partial charge on any atom is 0.308 e. The molecule has 6 heteroatoms. The van der Waals surface area contributed by atoms with Crippen LogP contribution in [0.25, 0.3) is 0 Å². The summed E-state index contributed by atoms with van der Waals surface area (Å²) in [5, 5.41) is 9.51. The van der Waals surface area contributed by atoms with E-state index in [-0.39, 0.29) is 17.6 Å². The molecule has 0 amide bonds. The molecule has 0 bridgehead atoms. The van der Waals surface area contributed by atoms with Crippen LogP contribution in [-0.2, 0) is 9.53 Å². The van der Waals surface area contributed by atoms with Crippen molar-refractivity contribution in [3.63, 3.8) is 0 Å². The molecule has 1 aromatic rings. The number of piperidine rings is 1. The van der Waals surface area contributed by atoms with Gasteiger partial charge in [-0.1, -0.05) is 0 Å². The second-order valence-electron chi connectivity index (χ2n) is 5.58. The summed E-state index contributed by atoms with van der Waals surface area (Å²) < 4.78 is 4.79. The second kappa shape index (κ2) is 8.43. The Kier molecular flexibility index (Phi) is 6.29. The Morgan fingerprint density at radius 3 is 2.87 bits per heavy atom. The molecule has 1 heterocycles. The van der Waals surface area contributed by atoms with Crippen molar-refractivity contribution in [3.8, 4) is 5.75 Å². The predicted molar refractivity (Wildman–Crippen MR) is 91.0 cm³/mol. The molecule has 1 saturated heterocycles. The van der Waals surface area contributed by atoms with Crippen LogP contribution in [0.1, 0.15) is 18.4 Å². The zero-order chi connectivity index (χ0) is 16.7. The fraction of sp³-hybridized carbons (Fsp3) is 0.471. The number of likely N-dealkylation sites (tertiary alicyclic amines) is 1. The van der Waals surface area contributed by atoms with Gasteiger partial charge in [0.25, 0.3) is 0 Å². The van der Waals surface area contributed by atoms with Crippen molar-refractivity contribution < 1.29 is 14.6 Å². The fourth-order valence-corrected chi connectivity index (χ4v) is 2.71. The first kappa shape index (κ1) is 17.1. The first-order chi connectivity index (χ1) is 11.1. The Hall–Kier alpha value is -2.21. The van der Waals surface area contributed by atoms with E-state index in [4.69, 9.17) is 4.74 Å². The molecule has 0 aromatic heterocycles. The Morgan fingerprint density at radius 1 is 1.48 bits per heavy atom. The molecule has 0 saturated carbocycles. The monoisotopic (exact) mass is 317 g/mol. The number of carbonyl (C=O) groups is 1. The van der Waals surface area contributed by atoms with Crippen LogP contribution in [0.2, 0.25) is 0 Å². The van der Waals surface area contributed by atoms with Gasteiger partial charge in [0.15, 0.2) is 0 Å². The predicted octanol–water partition coefficient (Wildman–Crippen LogP) is 2.03. The van der Waals surface area contributed by atoms with Gasteiger partial charge >= 0.3 is 5.97 Å². The molecule has 124 valence electrons. The number of benzene rings is 1. The molecule has 2 rings (SSSR count). The number of aromatic hydroxyl groups is 1. The van der Waals surface area contributed by atoms with Gasteiger partial charge in [-0.2, -0.15) is 0 Å². The van der Waals surface area contributed by atoms with E-state index in [1.807, 2.05) is 0 Å². The van der Waals surface area contributed by atoms with Gasteiger partial charge in [0.2, 0.25) is 0 Å². The number of nitrogens with zero attached hydrogens (tertiary/aromatic N) is 3. The van der Waals surface area contributed by atoms with E-state index < -0.39 is 0 Å². The summed E-state index contributed by atoms with van der Waals surface area (Å²) in [5.74, 6) is 0.119. The van der Waals surface area contributed by atoms with Gasteiger partial charge < -0.3 is 14.7 Å². The Balaban J connectivity index is 1.79. The van der Waals surface area contributed by atoms with E-state index in [0.29, 0.717) is 12.2 Å². The van der Waals surface area contributed by atoms with Crippen LogP contribution < -0.4 is 0 Å². The number of aliphatic imine (C=N–C) groups is 2. The molecule has 0 unspecified atom stereocenters. The molecular formula is C17H23N3O3. The smallest absolute Gasteiger partial charge is 0.308 e. The molecule has 23 heavy (non-hydrogen) atoms. The second-order valence-corrected chi connectivity index (χ2v) is 5.58. The van der Waals surface area contributed by atoms with E-state index in [1.54, 1.807) is 24.4 Å². The molecule has 0 radical (unpaired) electrons. The van der Waals surface area contributed by atoms with Crippen molar-refractivity contribution in [1.29, 1.82) is 0 Å². The van der Waals surface area contributed by atoms with Crippen LogP contribution in [0, 0.1) is 5.92 Å². The molecule has 0 atom stereocenters. The van der Waals surface area contributed by atoms with Crippen molar-refractivity contribution in [2.75, 3.05) is 33.3 Å². The summed E-state index contributed by atoms with van der Waals surface area (Å²) in [6.45, 7) is 6.80. The molecule has 0 spiro atoms. The zero-order valence-corrected chi connectivity index (χ0v) is 13.4. The molecule has 1 aromatic carbocycles. The summed E-state index contributed by atoms with van der Waals surface area (Å²) in [6.07, 6.45) is 3.39. The van der Waals surface area contributed by atoms with E-state index >= 15 is 0 Å². The number of hydrogen-bond donors (Lipinski definition) is 1. The summed E-state index contributed by atoms with van der Waals surface area (Å²) >= 11 is 0. The van der Waals surface area contributed by atoms with Gasteiger partial charge in [-0.3, -0.25) is 14.8 Å². The van der Waals surface area contributed by atoms with Crippen molar-refractivity contribution in [3.05, 3.63) is 23.8 Å². The molecular weight excluding hydrogens is 294 g/mol.